The van der Waals surface area contributed by atoms with Crippen molar-refractivity contribution in [2.75, 3.05) is 7.11 Å². The minimum absolute atomic E-state index is 0.181. The van der Waals surface area contributed by atoms with Crippen molar-refractivity contribution in [3.63, 3.8) is 0 Å². The highest BCUT2D eigenvalue weighted by molar-refractivity contribution is 6.05. The number of methoxy groups -OCH3 is 1. The van der Waals surface area contributed by atoms with E-state index in [-0.39, 0.29) is 18.2 Å². The van der Waals surface area contributed by atoms with Gasteiger partial charge in [-0.15, -0.1) is 0 Å². The van der Waals surface area contributed by atoms with Gasteiger partial charge in [-0.05, 0) is 30.2 Å². The maximum Gasteiger partial charge on any atom is 0.490 e. The molecule has 4 rings (SSSR count). The Hall–Kier alpha value is -3.96. The Bertz CT molecular complexity index is 1120. The van der Waals surface area contributed by atoms with Crippen LogP contribution >= 0.6 is 0 Å². The molecule has 2 aromatic rings. The van der Waals surface area contributed by atoms with Crippen LogP contribution in [0.25, 0.3) is 11.3 Å². The lowest BCUT2D eigenvalue weighted by Crippen LogP contribution is -2.52. The quantitative estimate of drug-likeness (QED) is 0.666. The smallest absolute Gasteiger partial charge is 0.490 e. The van der Waals surface area contributed by atoms with Gasteiger partial charge >= 0.3 is 12.1 Å². The Morgan fingerprint density at radius 2 is 1.91 bits per heavy atom. The second-order valence-electron chi connectivity index (χ2n) is 7.16. The number of nitrogens with one attached hydrogen (secondary N) is 1. The highest BCUT2D eigenvalue weighted by Gasteiger charge is 2.39. The van der Waals surface area contributed by atoms with Crippen molar-refractivity contribution < 1.29 is 42.2 Å². The Labute approximate surface area is 185 Å². The summed E-state index contributed by atoms with van der Waals surface area (Å²) in [6.07, 6.45) is -2.81. The second kappa shape index (κ2) is 9.27. The number of pyridine rings is 1. The van der Waals surface area contributed by atoms with Crippen LogP contribution in [0.5, 0.6) is 5.75 Å². The van der Waals surface area contributed by atoms with Crippen LogP contribution in [0.15, 0.2) is 36.5 Å². The van der Waals surface area contributed by atoms with Crippen molar-refractivity contribution in [2.24, 2.45) is 0 Å². The summed E-state index contributed by atoms with van der Waals surface area (Å²) < 4.78 is 37.0. The predicted molar refractivity (Wildman–Crippen MR) is 106 cm³/mol. The van der Waals surface area contributed by atoms with Gasteiger partial charge in [-0.3, -0.25) is 24.7 Å². The number of fused-ring (bicyclic) bond motifs is 1. The van der Waals surface area contributed by atoms with Crippen LogP contribution in [-0.4, -0.2) is 58.0 Å². The molecule has 9 nitrogen and oxygen atoms in total. The fraction of sp³-hybridized carbons (Fsp3) is 0.286. The van der Waals surface area contributed by atoms with E-state index in [1.165, 1.54) is 4.90 Å². The molecule has 3 heterocycles. The number of carboxylic acids is 1. The molecule has 2 aliphatic heterocycles. The molecule has 1 aromatic carbocycles. The summed E-state index contributed by atoms with van der Waals surface area (Å²) in [5, 5.41) is 9.43. The number of imide groups is 1. The van der Waals surface area contributed by atoms with Gasteiger partial charge in [0.05, 0.1) is 12.8 Å². The van der Waals surface area contributed by atoms with E-state index in [4.69, 9.17) is 14.6 Å². The van der Waals surface area contributed by atoms with E-state index in [1.54, 1.807) is 25.4 Å². The molecule has 1 aromatic heterocycles. The number of halogens is 3. The summed E-state index contributed by atoms with van der Waals surface area (Å²) in [6.45, 7) is 0.345. The third kappa shape index (κ3) is 5.27. The first kappa shape index (κ1) is 23.7. The molecule has 1 atom stereocenters. The molecule has 1 fully saturated rings. The second-order valence-corrected chi connectivity index (χ2v) is 7.16. The van der Waals surface area contributed by atoms with Gasteiger partial charge in [0, 0.05) is 36.4 Å². The lowest BCUT2D eigenvalue weighted by Gasteiger charge is -2.29. The summed E-state index contributed by atoms with van der Waals surface area (Å²) in [5.41, 5.74) is 3.06. The van der Waals surface area contributed by atoms with Crippen molar-refractivity contribution in [1.29, 1.82) is 0 Å². The monoisotopic (exact) mass is 465 g/mol. The predicted octanol–water partition coefficient (Wildman–Crippen LogP) is 2.15. The molecular weight excluding hydrogens is 447 g/mol. The molecule has 0 radical (unpaired) electrons. The lowest BCUT2D eigenvalue weighted by molar-refractivity contribution is -0.192. The zero-order valence-corrected chi connectivity index (χ0v) is 17.2. The van der Waals surface area contributed by atoms with E-state index in [0.29, 0.717) is 24.3 Å². The highest BCUT2D eigenvalue weighted by atomic mass is 19.4. The molecule has 33 heavy (non-hydrogen) atoms. The van der Waals surface area contributed by atoms with Gasteiger partial charge in [0.2, 0.25) is 11.8 Å². The minimum Gasteiger partial charge on any atom is -0.497 e. The van der Waals surface area contributed by atoms with E-state index < -0.39 is 24.1 Å². The van der Waals surface area contributed by atoms with Crippen molar-refractivity contribution in [2.45, 2.75) is 31.6 Å². The summed E-state index contributed by atoms with van der Waals surface area (Å²) in [4.78, 5) is 50.9. The number of aliphatic carboxylic acids is 1. The Morgan fingerprint density at radius 1 is 1.21 bits per heavy atom. The third-order valence-electron chi connectivity index (χ3n) is 5.03. The van der Waals surface area contributed by atoms with Gasteiger partial charge in [0.1, 0.15) is 11.8 Å². The van der Waals surface area contributed by atoms with E-state index in [0.717, 1.165) is 16.8 Å². The molecule has 0 aliphatic carbocycles. The SMILES string of the molecule is COc1ccnc(-c2ccc3c(c2)CN(C2CCC(=O)NC2=O)C3=O)c1.O=C(O)C(F)(F)F. The number of ether oxygens (including phenoxy) is 1. The minimum atomic E-state index is -5.08. The lowest BCUT2D eigenvalue weighted by atomic mass is 10.0. The molecule has 0 saturated carbocycles. The Kier molecular flexibility index (Phi) is 6.65. The molecule has 174 valence electrons. The van der Waals surface area contributed by atoms with Crippen LogP contribution in [0.1, 0.15) is 28.8 Å². The first-order chi connectivity index (χ1) is 15.5. The van der Waals surface area contributed by atoms with Crippen LogP contribution in [0.2, 0.25) is 0 Å². The first-order valence-corrected chi connectivity index (χ1v) is 9.59. The summed E-state index contributed by atoms with van der Waals surface area (Å²) in [5.74, 6) is -2.93. The number of rotatable bonds is 3. The molecule has 2 aliphatic rings. The van der Waals surface area contributed by atoms with Crippen LogP contribution in [0.3, 0.4) is 0 Å². The maximum absolute atomic E-state index is 12.7. The van der Waals surface area contributed by atoms with Crippen LogP contribution in [0, 0.1) is 0 Å². The number of carbonyl (C=O) groups is 4. The third-order valence-corrected chi connectivity index (χ3v) is 5.03. The topological polar surface area (TPSA) is 126 Å². The van der Waals surface area contributed by atoms with Crippen molar-refractivity contribution in [1.82, 2.24) is 15.2 Å². The van der Waals surface area contributed by atoms with E-state index in [2.05, 4.69) is 10.3 Å². The zero-order valence-electron chi connectivity index (χ0n) is 17.2. The standard InChI is InChI=1S/C19H17N3O4.C2HF3O2/c1-26-13-6-7-20-15(9-13)11-2-3-14-12(8-11)10-22(19(14)25)16-4-5-17(23)21-18(16)24;3-2(4,5)1(6)7/h2-3,6-9,16H,4-5,10H2,1H3,(H,21,23,24);(H,6,7). The fourth-order valence-corrected chi connectivity index (χ4v) is 3.43. The molecule has 2 N–H and O–H groups in total. The summed E-state index contributed by atoms with van der Waals surface area (Å²) in [7, 11) is 1.60. The van der Waals surface area contributed by atoms with Crippen LogP contribution in [-0.2, 0) is 20.9 Å². The number of hydrogen-bond acceptors (Lipinski definition) is 6. The number of amides is 3. The van der Waals surface area contributed by atoms with Crippen molar-refractivity contribution in [3.8, 4) is 17.0 Å². The molecule has 3 amide bonds. The molecule has 0 bridgehead atoms. The zero-order chi connectivity index (χ0) is 24.3. The van der Waals surface area contributed by atoms with Gasteiger partial charge in [-0.1, -0.05) is 6.07 Å². The number of piperidine rings is 1. The van der Waals surface area contributed by atoms with Gasteiger partial charge in [-0.25, -0.2) is 4.79 Å². The van der Waals surface area contributed by atoms with E-state index >= 15 is 0 Å². The number of benzene rings is 1. The summed E-state index contributed by atoms with van der Waals surface area (Å²) in [6, 6.07) is 8.51. The van der Waals surface area contributed by atoms with E-state index in [1.807, 2.05) is 18.2 Å². The average molecular weight is 465 g/mol. The van der Waals surface area contributed by atoms with Gasteiger partial charge < -0.3 is 14.7 Å². The Balaban J connectivity index is 0.000000383. The number of carbonyl (C=O) groups excluding carboxylic acids is 3. The maximum atomic E-state index is 12.7. The largest absolute Gasteiger partial charge is 0.497 e. The molecular formula is C21H18F3N3O6. The van der Waals surface area contributed by atoms with Gasteiger partial charge in [0.15, 0.2) is 0 Å². The normalized spacial score (nSPS) is 17.6. The molecule has 12 heteroatoms. The number of hydrogen-bond donors (Lipinski definition) is 2. The number of nitrogens with zero attached hydrogens (tertiary/aromatic N) is 2. The number of carboxylic acid groups (broad SMARTS) is 1. The molecule has 1 unspecified atom stereocenters. The van der Waals surface area contributed by atoms with Crippen molar-refractivity contribution in [3.05, 3.63) is 47.7 Å². The number of alkyl halides is 3. The van der Waals surface area contributed by atoms with Crippen LogP contribution in [0.4, 0.5) is 13.2 Å². The van der Waals surface area contributed by atoms with Crippen LogP contribution < -0.4 is 10.1 Å². The average Bonchev–Trinajstić information content (AvgIpc) is 3.09. The Morgan fingerprint density at radius 3 is 2.52 bits per heavy atom. The highest BCUT2D eigenvalue weighted by Crippen LogP contribution is 2.31. The van der Waals surface area contributed by atoms with Gasteiger partial charge in [0.25, 0.3) is 5.91 Å². The fourth-order valence-electron chi connectivity index (χ4n) is 3.43. The summed E-state index contributed by atoms with van der Waals surface area (Å²) >= 11 is 0. The number of aromatic nitrogens is 1. The molecule has 0 spiro atoms. The first-order valence-electron chi connectivity index (χ1n) is 9.59. The van der Waals surface area contributed by atoms with Gasteiger partial charge in [-0.2, -0.15) is 13.2 Å². The van der Waals surface area contributed by atoms with E-state index in [9.17, 15) is 27.6 Å². The molecule has 1 saturated heterocycles. The van der Waals surface area contributed by atoms with Crippen molar-refractivity contribution >= 4 is 23.7 Å².